The van der Waals surface area contributed by atoms with E-state index in [2.05, 4.69) is 64.5 Å². The number of nitrogens with one attached hydrogen (secondary N) is 1. The molecule has 0 aliphatic heterocycles. The number of hydrogen-bond donors (Lipinski definition) is 1. The van der Waals surface area contributed by atoms with Crippen molar-refractivity contribution in [3.63, 3.8) is 0 Å². The van der Waals surface area contributed by atoms with Crippen molar-refractivity contribution < 1.29 is 0 Å². The van der Waals surface area contributed by atoms with Crippen LogP contribution in [0, 0.1) is 6.92 Å². The first kappa shape index (κ1) is 13.3. The van der Waals surface area contributed by atoms with Gasteiger partial charge in [-0.1, -0.05) is 28.1 Å². The zero-order chi connectivity index (χ0) is 13.1. The molecular formula is C14H18BrN3. The fourth-order valence-corrected chi connectivity index (χ4v) is 2.63. The molecule has 1 aromatic heterocycles. The van der Waals surface area contributed by atoms with Crippen molar-refractivity contribution in [1.82, 2.24) is 15.1 Å². The molecule has 0 fully saturated rings. The SMILES string of the molecule is CCn1nccc1C(NC)c1cccc(Br)c1C. The molecule has 0 aliphatic rings. The summed E-state index contributed by atoms with van der Waals surface area (Å²) >= 11 is 3.59. The molecule has 96 valence electrons. The second kappa shape index (κ2) is 5.67. The number of hydrogen-bond acceptors (Lipinski definition) is 2. The topological polar surface area (TPSA) is 29.9 Å². The summed E-state index contributed by atoms with van der Waals surface area (Å²) in [7, 11) is 1.98. The Kier molecular flexibility index (Phi) is 4.19. The summed E-state index contributed by atoms with van der Waals surface area (Å²) in [5.41, 5.74) is 3.74. The van der Waals surface area contributed by atoms with E-state index in [4.69, 9.17) is 0 Å². The lowest BCUT2D eigenvalue weighted by Crippen LogP contribution is -2.22. The Morgan fingerprint density at radius 3 is 2.83 bits per heavy atom. The van der Waals surface area contributed by atoms with Crippen LogP contribution in [0.3, 0.4) is 0 Å². The summed E-state index contributed by atoms with van der Waals surface area (Å²) in [5.74, 6) is 0. The highest BCUT2D eigenvalue weighted by molar-refractivity contribution is 9.10. The predicted octanol–water partition coefficient (Wildman–Crippen LogP) is 3.28. The van der Waals surface area contributed by atoms with E-state index < -0.39 is 0 Å². The number of rotatable bonds is 4. The van der Waals surface area contributed by atoms with Gasteiger partial charge in [0.15, 0.2) is 0 Å². The molecule has 18 heavy (non-hydrogen) atoms. The van der Waals surface area contributed by atoms with Crippen LogP contribution < -0.4 is 5.32 Å². The minimum Gasteiger partial charge on any atom is -0.308 e. The molecule has 2 aromatic rings. The number of benzene rings is 1. The smallest absolute Gasteiger partial charge is 0.0748 e. The van der Waals surface area contributed by atoms with Gasteiger partial charge in [-0.05, 0) is 44.2 Å². The summed E-state index contributed by atoms with van der Waals surface area (Å²) in [6.45, 7) is 5.13. The molecule has 1 heterocycles. The quantitative estimate of drug-likeness (QED) is 0.939. The van der Waals surface area contributed by atoms with Crippen molar-refractivity contribution in [2.24, 2.45) is 0 Å². The third kappa shape index (κ3) is 2.35. The van der Waals surface area contributed by atoms with Crippen molar-refractivity contribution in [1.29, 1.82) is 0 Å². The lowest BCUT2D eigenvalue weighted by atomic mass is 9.99. The van der Waals surface area contributed by atoms with Gasteiger partial charge in [-0.25, -0.2) is 0 Å². The summed E-state index contributed by atoms with van der Waals surface area (Å²) in [4.78, 5) is 0. The summed E-state index contributed by atoms with van der Waals surface area (Å²) in [6.07, 6.45) is 1.86. The fraction of sp³-hybridized carbons (Fsp3) is 0.357. The van der Waals surface area contributed by atoms with E-state index in [1.807, 2.05) is 17.9 Å². The van der Waals surface area contributed by atoms with E-state index in [9.17, 15) is 0 Å². The Morgan fingerprint density at radius 2 is 2.17 bits per heavy atom. The highest BCUT2D eigenvalue weighted by atomic mass is 79.9. The van der Waals surface area contributed by atoms with Crippen molar-refractivity contribution in [2.75, 3.05) is 7.05 Å². The van der Waals surface area contributed by atoms with Gasteiger partial charge in [-0.2, -0.15) is 5.10 Å². The van der Waals surface area contributed by atoms with Crippen LogP contribution in [0.4, 0.5) is 0 Å². The Labute approximate surface area is 116 Å². The summed E-state index contributed by atoms with van der Waals surface area (Å²) in [6, 6.07) is 8.55. The van der Waals surface area contributed by atoms with Gasteiger partial charge >= 0.3 is 0 Å². The number of aromatic nitrogens is 2. The van der Waals surface area contributed by atoms with Crippen LogP contribution in [0.25, 0.3) is 0 Å². The molecule has 4 heteroatoms. The van der Waals surface area contributed by atoms with Crippen LogP contribution in [0.15, 0.2) is 34.9 Å². The average Bonchev–Trinajstić information content (AvgIpc) is 2.83. The molecular weight excluding hydrogens is 290 g/mol. The van der Waals surface area contributed by atoms with Gasteiger partial charge in [0.25, 0.3) is 0 Å². The molecule has 0 spiro atoms. The lowest BCUT2D eigenvalue weighted by Gasteiger charge is -2.20. The maximum absolute atomic E-state index is 4.35. The predicted molar refractivity (Wildman–Crippen MR) is 77.7 cm³/mol. The highest BCUT2D eigenvalue weighted by Crippen LogP contribution is 2.28. The minimum atomic E-state index is 0.171. The number of halogens is 1. The van der Waals surface area contributed by atoms with Crippen LogP contribution in [0.1, 0.15) is 29.8 Å². The maximum atomic E-state index is 4.35. The monoisotopic (exact) mass is 307 g/mol. The van der Waals surface area contributed by atoms with E-state index in [1.165, 1.54) is 16.8 Å². The Bertz CT molecular complexity index is 534. The van der Waals surface area contributed by atoms with Crippen molar-refractivity contribution >= 4 is 15.9 Å². The third-order valence-corrected chi connectivity index (χ3v) is 4.11. The Morgan fingerprint density at radius 1 is 1.39 bits per heavy atom. The molecule has 0 saturated heterocycles. The van der Waals surface area contributed by atoms with Gasteiger partial charge in [0, 0.05) is 17.2 Å². The average molecular weight is 308 g/mol. The first-order chi connectivity index (χ1) is 8.69. The molecule has 1 unspecified atom stereocenters. The summed E-state index contributed by atoms with van der Waals surface area (Å²) in [5, 5.41) is 7.73. The van der Waals surface area contributed by atoms with Crippen LogP contribution in [-0.2, 0) is 6.54 Å². The van der Waals surface area contributed by atoms with E-state index in [0.29, 0.717) is 0 Å². The van der Waals surface area contributed by atoms with E-state index >= 15 is 0 Å². The second-order valence-corrected chi connectivity index (χ2v) is 5.10. The zero-order valence-corrected chi connectivity index (χ0v) is 12.5. The Hall–Kier alpha value is -1.13. The van der Waals surface area contributed by atoms with Crippen molar-refractivity contribution in [3.05, 3.63) is 51.8 Å². The number of aryl methyl sites for hydroxylation is 1. The van der Waals surface area contributed by atoms with E-state index in [-0.39, 0.29) is 6.04 Å². The van der Waals surface area contributed by atoms with Gasteiger partial charge in [0.05, 0.1) is 11.7 Å². The van der Waals surface area contributed by atoms with E-state index in [1.54, 1.807) is 0 Å². The van der Waals surface area contributed by atoms with Crippen LogP contribution >= 0.6 is 15.9 Å². The molecule has 0 radical (unpaired) electrons. The van der Waals surface area contributed by atoms with Gasteiger partial charge in [-0.3, -0.25) is 4.68 Å². The fourth-order valence-electron chi connectivity index (χ4n) is 2.25. The molecule has 2 rings (SSSR count). The van der Waals surface area contributed by atoms with Gasteiger partial charge in [0.1, 0.15) is 0 Å². The van der Waals surface area contributed by atoms with E-state index in [0.717, 1.165) is 11.0 Å². The van der Waals surface area contributed by atoms with Gasteiger partial charge in [0.2, 0.25) is 0 Å². The van der Waals surface area contributed by atoms with Crippen LogP contribution in [0.5, 0.6) is 0 Å². The Balaban J connectivity index is 2.49. The van der Waals surface area contributed by atoms with Crippen LogP contribution in [0.2, 0.25) is 0 Å². The third-order valence-electron chi connectivity index (χ3n) is 3.25. The molecule has 0 amide bonds. The van der Waals surface area contributed by atoms with Gasteiger partial charge in [-0.15, -0.1) is 0 Å². The highest BCUT2D eigenvalue weighted by Gasteiger charge is 2.18. The standard InChI is InChI=1S/C14H18BrN3/c1-4-18-13(8-9-17-18)14(16-3)11-6-5-7-12(15)10(11)2/h5-9,14,16H,4H2,1-3H3. The van der Waals surface area contributed by atoms with Crippen molar-refractivity contribution in [2.45, 2.75) is 26.4 Å². The molecule has 1 N–H and O–H groups in total. The molecule has 0 bridgehead atoms. The molecule has 0 aliphatic carbocycles. The molecule has 3 nitrogen and oxygen atoms in total. The largest absolute Gasteiger partial charge is 0.308 e. The number of nitrogens with zero attached hydrogens (tertiary/aromatic N) is 2. The minimum absolute atomic E-state index is 0.171. The second-order valence-electron chi connectivity index (χ2n) is 4.25. The molecule has 1 aromatic carbocycles. The van der Waals surface area contributed by atoms with Crippen LogP contribution in [-0.4, -0.2) is 16.8 Å². The maximum Gasteiger partial charge on any atom is 0.0748 e. The van der Waals surface area contributed by atoms with Crippen molar-refractivity contribution in [3.8, 4) is 0 Å². The zero-order valence-electron chi connectivity index (χ0n) is 10.9. The van der Waals surface area contributed by atoms with Gasteiger partial charge < -0.3 is 5.32 Å². The summed E-state index contributed by atoms with van der Waals surface area (Å²) < 4.78 is 3.17. The lowest BCUT2D eigenvalue weighted by molar-refractivity contribution is 0.562. The normalized spacial score (nSPS) is 12.7. The first-order valence-corrected chi connectivity index (χ1v) is 6.92. The molecule has 1 atom stereocenters. The molecule has 0 saturated carbocycles. The first-order valence-electron chi connectivity index (χ1n) is 6.13.